The number of hydrogen-bond acceptors (Lipinski definition) is 5. The number of nitrogen functional groups attached to an aromatic ring is 1. The van der Waals surface area contributed by atoms with Crippen molar-refractivity contribution in [2.45, 2.75) is 49.1 Å². The Morgan fingerprint density at radius 2 is 2.17 bits per heavy atom. The molecule has 1 aromatic heterocycles. The summed E-state index contributed by atoms with van der Waals surface area (Å²) in [6.07, 6.45) is 4.50. The van der Waals surface area contributed by atoms with Gasteiger partial charge in [0.2, 0.25) is 11.1 Å². The first-order chi connectivity index (χ1) is 11.5. The molecule has 1 saturated carbocycles. The molecule has 1 fully saturated rings. The predicted molar refractivity (Wildman–Crippen MR) is 96.3 cm³/mol. The highest BCUT2D eigenvalue weighted by Gasteiger charge is 2.23. The van der Waals surface area contributed by atoms with E-state index in [2.05, 4.69) is 15.5 Å². The van der Waals surface area contributed by atoms with Crippen molar-refractivity contribution in [2.75, 3.05) is 5.84 Å². The van der Waals surface area contributed by atoms with Crippen LogP contribution in [0, 0.1) is 0 Å². The first-order valence-corrected chi connectivity index (χ1v) is 9.24. The number of rotatable bonds is 5. The molecule has 0 spiro atoms. The van der Waals surface area contributed by atoms with E-state index in [4.69, 9.17) is 17.4 Å². The van der Waals surface area contributed by atoms with Crippen molar-refractivity contribution in [3.05, 3.63) is 29.3 Å². The molecular weight excluding hydrogens is 346 g/mol. The second kappa shape index (κ2) is 7.44. The highest BCUT2D eigenvalue weighted by Crippen LogP contribution is 2.26. The number of nitrogens with two attached hydrogens (primary N) is 1. The molecule has 1 atom stereocenters. The van der Waals surface area contributed by atoms with Crippen LogP contribution in [0.1, 0.15) is 32.6 Å². The Balaban J connectivity index is 1.68. The van der Waals surface area contributed by atoms with Crippen LogP contribution in [0.3, 0.4) is 0 Å². The Kier molecular flexibility index (Phi) is 5.30. The molecule has 1 aliphatic rings. The van der Waals surface area contributed by atoms with Gasteiger partial charge in [0.1, 0.15) is 0 Å². The summed E-state index contributed by atoms with van der Waals surface area (Å²) in [5.74, 6) is 6.62. The second-order valence-corrected chi connectivity index (χ2v) is 7.68. The molecule has 0 saturated heterocycles. The van der Waals surface area contributed by atoms with Gasteiger partial charge in [0, 0.05) is 16.6 Å². The van der Waals surface area contributed by atoms with Crippen LogP contribution in [0.5, 0.6) is 0 Å². The third kappa shape index (κ3) is 3.84. The summed E-state index contributed by atoms with van der Waals surface area (Å²) in [4.78, 5) is 12.3. The standard InChI is InChI=1S/C16H20ClN5OS/c1-10(15(23)19-13-7-2-3-8-13)24-16-21-20-14(22(16)18)11-5-4-6-12(17)9-11/h4-6,9-10,13H,2-3,7-8,18H2,1H3,(H,19,23)/t10-/m1/s1. The van der Waals surface area contributed by atoms with Crippen LogP contribution in [0.4, 0.5) is 0 Å². The van der Waals surface area contributed by atoms with Crippen molar-refractivity contribution in [2.24, 2.45) is 0 Å². The van der Waals surface area contributed by atoms with E-state index in [0.29, 0.717) is 22.0 Å². The van der Waals surface area contributed by atoms with E-state index in [-0.39, 0.29) is 11.2 Å². The molecule has 8 heteroatoms. The van der Waals surface area contributed by atoms with E-state index in [1.54, 1.807) is 12.1 Å². The third-order valence-corrected chi connectivity index (χ3v) is 5.39. The Labute approximate surface area is 150 Å². The molecule has 6 nitrogen and oxygen atoms in total. The van der Waals surface area contributed by atoms with Gasteiger partial charge in [-0.25, -0.2) is 4.68 Å². The Bertz CT molecular complexity index is 729. The van der Waals surface area contributed by atoms with Crippen molar-refractivity contribution in [3.63, 3.8) is 0 Å². The van der Waals surface area contributed by atoms with Gasteiger partial charge in [-0.15, -0.1) is 10.2 Å². The molecule has 1 amide bonds. The Morgan fingerprint density at radius 3 is 2.88 bits per heavy atom. The van der Waals surface area contributed by atoms with Gasteiger partial charge in [0.15, 0.2) is 5.82 Å². The van der Waals surface area contributed by atoms with Crippen LogP contribution in [0.25, 0.3) is 11.4 Å². The van der Waals surface area contributed by atoms with Crippen molar-refractivity contribution in [3.8, 4) is 11.4 Å². The number of thioether (sulfide) groups is 1. The molecule has 0 unspecified atom stereocenters. The van der Waals surface area contributed by atoms with Crippen molar-refractivity contribution in [1.29, 1.82) is 0 Å². The maximum atomic E-state index is 12.3. The quantitative estimate of drug-likeness (QED) is 0.628. The highest BCUT2D eigenvalue weighted by atomic mass is 35.5. The first-order valence-electron chi connectivity index (χ1n) is 7.98. The maximum absolute atomic E-state index is 12.3. The number of hydrogen-bond donors (Lipinski definition) is 2. The summed E-state index contributed by atoms with van der Waals surface area (Å²) < 4.78 is 1.40. The number of carbonyl (C=O) groups is 1. The minimum absolute atomic E-state index is 0.0132. The van der Waals surface area contributed by atoms with Crippen LogP contribution < -0.4 is 11.2 Å². The SMILES string of the molecule is C[C@@H](Sc1nnc(-c2cccc(Cl)c2)n1N)C(=O)NC1CCCC1. The molecule has 0 bridgehead atoms. The fourth-order valence-corrected chi connectivity index (χ4v) is 3.75. The summed E-state index contributed by atoms with van der Waals surface area (Å²) >= 11 is 7.31. The fraction of sp³-hybridized carbons (Fsp3) is 0.438. The molecule has 0 aliphatic heterocycles. The molecule has 1 aromatic carbocycles. The lowest BCUT2D eigenvalue weighted by Crippen LogP contribution is -2.37. The van der Waals surface area contributed by atoms with Gasteiger partial charge in [-0.05, 0) is 31.9 Å². The molecule has 128 valence electrons. The van der Waals surface area contributed by atoms with E-state index in [9.17, 15) is 4.79 Å². The van der Waals surface area contributed by atoms with Gasteiger partial charge in [-0.3, -0.25) is 4.79 Å². The largest absolute Gasteiger partial charge is 0.352 e. The number of nitrogens with one attached hydrogen (secondary N) is 1. The molecule has 3 N–H and O–H groups in total. The summed E-state index contributed by atoms with van der Waals surface area (Å²) in [6.45, 7) is 1.85. The third-order valence-electron chi connectivity index (χ3n) is 4.10. The van der Waals surface area contributed by atoms with E-state index >= 15 is 0 Å². The maximum Gasteiger partial charge on any atom is 0.233 e. The zero-order valence-electron chi connectivity index (χ0n) is 13.4. The van der Waals surface area contributed by atoms with Gasteiger partial charge in [-0.1, -0.05) is 48.3 Å². The number of halogens is 1. The number of benzene rings is 1. The number of nitrogens with zero attached hydrogens (tertiary/aromatic N) is 3. The van der Waals surface area contributed by atoms with E-state index in [0.717, 1.165) is 18.4 Å². The molecule has 1 aliphatic carbocycles. The lowest BCUT2D eigenvalue weighted by Gasteiger charge is -2.15. The minimum Gasteiger partial charge on any atom is -0.352 e. The molecule has 3 rings (SSSR count). The zero-order chi connectivity index (χ0) is 17.1. The van der Waals surface area contributed by atoms with Crippen LogP contribution >= 0.6 is 23.4 Å². The average molecular weight is 366 g/mol. The summed E-state index contributed by atoms with van der Waals surface area (Å²) in [6, 6.07) is 7.56. The van der Waals surface area contributed by atoms with E-state index in [1.807, 2.05) is 19.1 Å². The normalized spacial score (nSPS) is 16.2. The summed E-state index contributed by atoms with van der Waals surface area (Å²) in [5, 5.41) is 12.1. The minimum atomic E-state index is -0.288. The molecule has 1 heterocycles. The predicted octanol–water partition coefficient (Wildman–Crippen LogP) is 2.85. The fourth-order valence-electron chi connectivity index (χ4n) is 2.78. The van der Waals surface area contributed by atoms with Gasteiger partial charge in [0.05, 0.1) is 5.25 Å². The lowest BCUT2D eigenvalue weighted by molar-refractivity contribution is -0.120. The van der Waals surface area contributed by atoms with Gasteiger partial charge >= 0.3 is 0 Å². The summed E-state index contributed by atoms with van der Waals surface area (Å²) in [7, 11) is 0. The van der Waals surface area contributed by atoms with Gasteiger partial charge in [-0.2, -0.15) is 0 Å². The molecular formula is C16H20ClN5OS. The van der Waals surface area contributed by atoms with Crippen LogP contribution in [0.2, 0.25) is 5.02 Å². The summed E-state index contributed by atoms with van der Waals surface area (Å²) in [5.41, 5.74) is 0.785. The van der Waals surface area contributed by atoms with E-state index < -0.39 is 0 Å². The number of carbonyl (C=O) groups excluding carboxylic acids is 1. The van der Waals surface area contributed by atoms with Gasteiger partial charge in [0.25, 0.3) is 0 Å². The molecule has 0 radical (unpaired) electrons. The van der Waals surface area contributed by atoms with Crippen molar-refractivity contribution in [1.82, 2.24) is 20.2 Å². The lowest BCUT2D eigenvalue weighted by atomic mass is 10.2. The van der Waals surface area contributed by atoms with Crippen molar-refractivity contribution >= 4 is 29.3 Å². The van der Waals surface area contributed by atoms with Crippen LogP contribution in [0.15, 0.2) is 29.4 Å². The monoisotopic (exact) mass is 365 g/mol. The first kappa shape index (κ1) is 17.1. The highest BCUT2D eigenvalue weighted by molar-refractivity contribution is 8.00. The number of amides is 1. The van der Waals surface area contributed by atoms with Crippen molar-refractivity contribution < 1.29 is 4.79 Å². The van der Waals surface area contributed by atoms with Crippen LogP contribution in [-0.4, -0.2) is 32.1 Å². The zero-order valence-corrected chi connectivity index (χ0v) is 15.0. The Morgan fingerprint density at radius 1 is 1.42 bits per heavy atom. The molecule has 2 aromatic rings. The molecule has 24 heavy (non-hydrogen) atoms. The van der Waals surface area contributed by atoms with Gasteiger partial charge < -0.3 is 11.2 Å². The van der Waals surface area contributed by atoms with E-state index in [1.165, 1.54) is 29.3 Å². The smallest absolute Gasteiger partial charge is 0.233 e. The topological polar surface area (TPSA) is 85.8 Å². The number of aromatic nitrogens is 3. The second-order valence-electron chi connectivity index (χ2n) is 5.94. The van der Waals surface area contributed by atoms with Crippen LogP contribution in [-0.2, 0) is 4.79 Å². The average Bonchev–Trinajstić information content (AvgIpc) is 3.18. The Hall–Kier alpha value is -1.73.